The maximum absolute atomic E-state index is 5.90. The standard InChI is InChI=1S/C13H20N2.2ClH/c1-10-3-4-12(11(2)7-10)8-15-6-5-13(14)9-15;;/h3-4,7,13H,5-6,8-9,14H2,1-2H3;2*1H/t13-;;/m1../s1. The van der Waals surface area contributed by atoms with Gasteiger partial charge in [-0.05, 0) is 31.4 Å². The van der Waals surface area contributed by atoms with Crippen molar-refractivity contribution >= 4 is 24.8 Å². The van der Waals surface area contributed by atoms with Gasteiger partial charge in [0, 0.05) is 25.7 Å². The van der Waals surface area contributed by atoms with Gasteiger partial charge in [0.05, 0.1) is 0 Å². The molecule has 1 aliphatic heterocycles. The van der Waals surface area contributed by atoms with E-state index >= 15 is 0 Å². The summed E-state index contributed by atoms with van der Waals surface area (Å²) in [7, 11) is 0. The fraction of sp³-hybridized carbons (Fsp3) is 0.538. The molecule has 1 saturated heterocycles. The zero-order valence-electron chi connectivity index (χ0n) is 10.5. The Hall–Kier alpha value is -0.280. The van der Waals surface area contributed by atoms with Gasteiger partial charge in [-0.25, -0.2) is 0 Å². The monoisotopic (exact) mass is 276 g/mol. The van der Waals surface area contributed by atoms with Gasteiger partial charge in [-0.1, -0.05) is 23.8 Å². The van der Waals surface area contributed by atoms with Crippen molar-refractivity contribution in [2.45, 2.75) is 32.9 Å². The Morgan fingerprint density at radius 2 is 2.00 bits per heavy atom. The van der Waals surface area contributed by atoms with Crippen LogP contribution in [0.2, 0.25) is 0 Å². The maximum atomic E-state index is 5.90. The Labute approximate surface area is 116 Å². The molecule has 0 unspecified atom stereocenters. The molecule has 4 heteroatoms. The number of likely N-dealkylation sites (tertiary alicyclic amines) is 1. The number of hydrogen-bond acceptors (Lipinski definition) is 2. The van der Waals surface area contributed by atoms with Crippen molar-refractivity contribution in [2.24, 2.45) is 5.73 Å². The minimum absolute atomic E-state index is 0. The molecule has 0 aliphatic carbocycles. The lowest BCUT2D eigenvalue weighted by Crippen LogP contribution is -2.26. The third kappa shape index (κ3) is 4.47. The Kier molecular flexibility index (Phi) is 7.10. The highest BCUT2D eigenvalue weighted by Crippen LogP contribution is 2.16. The molecule has 2 N–H and O–H groups in total. The number of hydrogen-bond donors (Lipinski definition) is 1. The van der Waals surface area contributed by atoms with E-state index in [2.05, 4.69) is 36.9 Å². The van der Waals surface area contributed by atoms with Crippen molar-refractivity contribution in [3.05, 3.63) is 34.9 Å². The number of halogens is 2. The van der Waals surface area contributed by atoms with E-state index < -0.39 is 0 Å². The van der Waals surface area contributed by atoms with Crippen LogP contribution in [-0.4, -0.2) is 24.0 Å². The Morgan fingerprint density at radius 1 is 1.29 bits per heavy atom. The summed E-state index contributed by atoms with van der Waals surface area (Å²) < 4.78 is 0. The minimum atomic E-state index is 0. The second kappa shape index (κ2) is 7.22. The SMILES string of the molecule is Cc1ccc(CN2CC[C@@H](N)C2)c(C)c1.Cl.Cl. The molecule has 1 fully saturated rings. The zero-order valence-corrected chi connectivity index (χ0v) is 12.1. The van der Waals surface area contributed by atoms with Crippen LogP contribution in [0.4, 0.5) is 0 Å². The van der Waals surface area contributed by atoms with E-state index in [-0.39, 0.29) is 24.8 Å². The number of aryl methyl sites for hydroxylation is 2. The Morgan fingerprint density at radius 3 is 2.53 bits per heavy atom. The van der Waals surface area contributed by atoms with Crippen LogP contribution in [0, 0.1) is 13.8 Å². The molecule has 0 radical (unpaired) electrons. The third-order valence-corrected chi connectivity index (χ3v) is 3.20. The van der Waals surface area contributed by atoms with Crippen LogP contribution in [0.25, 0.3) is 0 Å². The quantitative estimate of drug-likeness (QED) is 0.900. The molecule has 0 spiro atoms. The van der Waals surface area contributed by atoms with Gasteiger partial charge in [0.1, 0.15) is 0 Å². The Bertz CT molecular complexity index is 355. The molecule has 0 aromatic heterocycles. The summed E-state index contributed by atoms with van der Waals surface area (Å²) in [5.74, 6) is 0. The first-order valence-corrected chi connectivity index (χ1v) is 5.69. The van der Waals surface area contributed by atoms with E-state index in [1.807, 2.05) is 0 Å². The van der Waals surface area contributed by atoms with Gasteiger partial charge >= 0.3 is 0 Å². The Balaban J connectivity index is 0.00000128. The van der Waals surface area contributed by atoms with E-state index in [9.17, 15) is 0 Å². The van der Waals surface area contributed by atoms with Crippen LogP contribution in [-0.2, 0) is 6.54 Å². The van der Waals surface area contributed by atoms with Gasteiger partial charge in [0.2, 0.25) is 0 Å². The predicted molar refractivity (Wildman–Crippen MR) is 78.3 cm³/mol. The highest BCUT2D eigenvalue weighted by Gasteiger charge is 2.19. The van der Waals surface area contributed by atoms with Crippen LogP contribution in [0.5, 0.6) is 0 Å². The smallest absolute Gasteiger partial charge is 0.0237 e. The molecule has 0 amide bonds. The second-order valence-electron chi connectivity index (χ2n) is 4.71. The summed E-state index contributed by atoms with van der Waals surface area (Å²) in [5, 5.41) is 0. The van der Waals surface area contributed by atoms with Gasteiger partial charge in [0.25, 0.3) is 0 Å². The largest absolute Gasteiger partial charge is 0.326 e. The molecule has 0 saturated carbocycles. The van der Waals surface area contributed by atoms with Crippen LogP contribution in [0.1, 0.15) is 23.1 Å². The first-order chi connectivity index (χ1) is 7.15. The molecule has 1 heterocycles. The van der Waals surface area contributed by atoms with Crippen molar-refractivity contribution in [2.75, 3.05) is 13.1 Å². The average molecular weight is 277 g/mol. The van der Waals surface area contributed by atoms with Crippen molar-refractivity contribution in [1.29, 1.82) is 0 Å². The van der Waals surface area contributed by atoms with E-state index in [0.29, 0.717) is 6.04 Å². The van der Waals surface area contributed by atoms with Crippen molar-refractivity contribution in [3.63, 3.8) is 0 Å². The van der Waals surface area contributed by atoms with Crippen LogP contribution in [0.3, 0.4) is 0 Å². The summed E-state index contributed by atoms with van der Waals surface area (Å²) in [5.41, 5.74) is 10.1. The number of benzene rings is 1. The molecule has 1 aromatic carbocycles. The van der Waals surface area contributed by atoms with Gasteiger partial charge < -0.3 is 5.73 Å². The molecule has 1 aromatic rings. The van der Waals surface area contributed by atoms with Gasteiger partial charge in [-0.2, -0.15) is 0 Å². The molecule has 2 nitrogen and oxygen atoms in total. The maximum Gasteiger partial charge on any atom is 0.0237 e. The van der Waals surface area contributed by atoms with E-state index in [0.717, 1.165) is 26.1 Å². The lowest BCUT2D eigenvalue weighted by atomic mass is 10.1. The lowest BCUT2D eigenvalue weighted by Gasteiger charge is -2.17. The van der Waals surface area contributed by atoms with Gasteiger partial charge in [-0.3, -0.25) is 4.90 Å². The highest BCUT2D eigenvalue weighted by atomic mass is 35.5. The van der Waals surface area contributed by atoms with Gasteiger partial charge in [-0.15, -0.1) is 24.8 Å². The summed E-state index contributed by atoms with van der Waals surface area (Å²) in [6, 6.07) is 7.08. The molecule has 0 bridgehead atoms. The molecule has 1 atom stereocenters. The summed E-state index contributed by atoms with van der Waals surface area (Å²) in [6.45, 7) is 7.59. The fourth-order valence-electron chi connectivity index (χ4n) is 2.27. The van der Waals surface area contributed by atoms with Crippen molar-refractivity contribution in [3.8, 4) is 0 Å². The van der Waals surface area contributed by atoms with Crippen LogP contribution < -0.4 is 5.73 Å². The topological polar surface area (TPSA) is 29.3 Å². The molecule has 17 heavy (non-hydrogen) atoms. The minimum Gasteiger partial charge on any atom is -0.326 e. The summed E-state index contributed by atoms with van der Waals surface area (Å²) >= 11 is 0. The number of rotatable bonds is 2. The predicted octanol–water partition coefficient (Wildman–Crippen LogP) is 2.68. The first-order valence-electron chi connectivity index (χ1n) is 5.69. The molecular formula is C13H22Cl2N2. The highest BCUT2D eigenvalue weighted by molar-refractivity contribution is 5.85. The normalized spacial score (nSPS) is 19.6. The summed E-state index contributed by atoms with van der Waals surface area (Å²) in [6.07, 6.45) is 1.14. The average Bonchev–Trinajstić information content (AvgIpc) is 2.56. The van der Waals surface area contributed by atoms with Crippen molar-refractivity contribution < 1.29 is 0 Å². The number of nitrogens with two attached hydrogens (primary N) is 1. The first kappa shape index (κ1) is 16.7. The molecular weight excluding hydrogens is 255 g/mol. The summed E-state index contributed by atoms with van der Waals surface area (Å²) in [4.78, 5) is 2.45. The molecule has 1 aliphatic rings. The van der Waals surface area contributed by atoms with Crippen LogP contribution >= 0.6 is 24.8 Å². The second-order valence-corrected chi connectivity index (χ2v) is 4.71. The van der Waals surface area contributed by atoms with Crippen molar-refractivity contribution in [1.82, 2.24) is 4.90 Å². The van der Waals surface area contributed by atoms with E-state index in [1.165, 1.54) is 16.7 Å². The number of nitrogens with zero attached hydrogens (tertiary/aromatic N) is 1. The molecule has 98 valence electrons. The zero-order chi connectivity index (χ0) is 10.8. The fourth-order valence-corrected chi connectivity index (χ4v) is 2.27. The van der Waals surface area contributed by atoms with E-state index in [4.69, 9.17) is 5.73 Å². The molecule has 2 rings (SSSR count). The lowest BCUT2D eigenvalue weighted by molar-refractivity contribution is 0.326. The van der Waals surface area contributed by atoms with Crippen LogP contribution in [0.15, 0.2) is 18.2 Å². The van der Waals surface area contributed by atoms with E-state index in [1.54, 1.807) is 0 Å². The third-order valence-electron chi connectivity index (χ3n) is 3.20. The van der Waals surface area contributed by atoms with Gasteiger partial charge in [0.15, 0.2) is 0 Å².